The number of hydrogen-bond acceptors (Lipinski definition) is 2. The number of halogens is 1. The van der Waals surface area contributed by atoms with Crippen LogP contribution in [0.1, 0.15) is 49.9 Å². The number of pyridine rings is 1. The average Bonchev–Trinajstić information content (AvgIpc) is 2.84. The average molecular weight is 458 g/mol. The van der Waals surface area contributed by atoms with Crippen LogP contribution in [0.3, 0.4) is 0 Å². The molecule has 1 unspecified atom stereocenters. The molecule has 1 heterocycles. The van der Waals surface area contributed by atoms with E-state index in [0.29, 0.717) is 16.7 Å². The summed E-state index contributed by atoms with van der Waals surface area (Å²) < 4.78 is 0. The van der Waals surface area contributed by atoms with Crippen molar-refractivity contribution in [3.05, 3.63) is 113 Å². The number of benzene rings is 2. The molecule has 33 heavy (non-hydrogen) atoms. The number of fused-ring (bicyclic) bond motifs is 1. The molecule has 170 valence electrons. The molecule has 0 saturated heterocycles. The van der Waals surface area contributed by atoms with Gasteiger partial charge in [0, 0.05) is 16.0 Å². The second kappa shape index (κ2) is 12.2. The van der Waals surface area contributed by atoms with Gasteiger partial charge >= 0.3 is 0 Å². The molecule has 1 atom stereocenters. The van der Waals surface area contributed by atoms with Crippen molar-refractivity contribution < 1.29 is 5.11 Å². The first-order valence-electron chi connectivity index (χ1n) is 11.5. The van der Waals surface area contributed by atoms with E-state index < -0.39 is 0 Å². The maximum atomic E-state index is 10.2. The lowest BCUT2D eigenvalue weighted by Gasteiger charge is -2.11. The van der Waals surface area contributed by atoms with Gasteiger partial charge in [0.1, 0.15) is 5.76 Å². The highest BCUT2D eigenvalue weighted by Gasteiger charge is 2.06. The van der Waals surface area contributed by atoms with Gasteiger partial charge in [-0.3, -0.25) is 0 Å². The van der Waals surface area contributed by atoms with Crippen LogP contribution in [0.4, 0.5) is 0 Å². The van der Waals surface area contributed by atoms with Crippen LogP contribution in [0.25, 0.3) is 22.7 Å². The Balaban J connectivity index is 1.66. The molecule has 0 saturated carbocycles. The van der Waals surface area contributed by atoms with Crippen molar-refractivity contribution in [3.8, 4) is 0 Å². The second-order valence-corrected chi connectivity index (χ2v) is 8.57. The lowest BCUT2D eigenvalue weighted by atomic mass is 9.96. The number of rotatable bonds is 10. The summed E-state index contributed by atoms with van der Waals surface area (Å²) in [6.07, 6.45) is 14.2. The molecule has 1 N–H and O–H groups in total. The van der Waals surface area contributed by atoms with Gasteiger partial charge in [0.25, 0.3) is 0 Å². The number of allylic oxidation sites excluding steroid dienone is 5. The van der Waals surface area contributed by atoms with Gasteiger partial charge in [-0.05, 0) is 74.4 Å². The largest absolute Gasteiger partial charge is 0.508 e. The Morgan fingerprint density at radius 3 is 2.70 bits per heavy atom. The topological polar surface area (TPSA) is 33.1 Å². The van der Waals surface area contributed by atoms with Crippen molar-refractivity contribution in [2.45, 2.75) is 39.5 Å². The van der Waals surface area contributed by atoms with Crippen LogP contribution in [-0.2, 0) is 6.42 Å². The second-order valence-electron chi connectivity index (χ2n) is 8.13. The zero-order valence-corrected chi connectivity index (χ0v) is 20.2. The quantitative estimate of drug-likeness (QED) is 0.243. The third-order valence-corrected chi connectivity index (χ3v) is 6.07. The summed E-state index contributed by atoms with van der Waals surface area (Å²) in [6, 6.07) is 17.9. The first kappa shape index (κ1) is 24.5. The van der Waals surface area contributed by atoms with E-state index in [1.807, 2.05) is 55.5 Å². The molecule has 2 nitrogen and oxygen atoms in total. The SMILES string of the molecule is C=C/C(=C\C(/C=C/c1ccc2ccc(Cl)cc2n1)CC)CCCc1ccccc1/C(O)=C\C. The predicted molar refractivity (Wildman–Crippen MR) is 144 cm³/mol. The van der Waals surface area contributed by atoms with Gasteiger partial charge < -0.3 is 5.11 Å². The zero-order chi connectivity index (χ0) is 23.6. The molecule has 1 aromatic heterocycles. The molecular weight excluding hydrogens is 426 g/mol. The lowest BCUT2D eigenvalue weighted by molar-refractivity contribution is 0.509. The fourth-order valence-electron chi connectivity index (χ4n) is 3.89. The Bertz CT molecular complexity index is 1190. The molecular formula is C30H32ClNO. The molecule has 0 aliphatic carbocycles. The number of aliphatic hydroxyl groups excluding tert-OH is 1. The van der Waals surface area contributed by atoms with E-state index in [0.717, 1.165) is 47.8 Å². The Morgan fingerprint density at radius 1 is 1.15 bits per heavy atom. The van der Waals surface area contributed by atoms with Gasteiger partial charge in [-0.2, -0.15) is 0 Å². The van der Waals surface area contributed by atoms with E-state index in [1.54, 1.807) is 6.08 Å². The number of nitrogens with zero attached hydrogens (tertiary/aromatic N) is 1. The van der Waals surface area contributed by atoms with Crippen molar-refractivity contribution >= 4 is 34.3 Å². The Morgan fingerprint density at radius 2 is 1.94 bits per heavy atom. The fraction of sp³-hybridized carbons (Fsp3) is 0.233. The smallest absolute Gasteiger partial charge is 0.118 e. The molecule has 3 aromatic rings. The lowest BCUT2D eigenvalue weighted by Crippen LogP contribution is -1.96. The minimum atomic E-state index is 0.314. The van der Waals surface area contributed by atoms with E-state index in [1.165, 1.54) is 11.1 Å². The number of aliphatic hydroxyl groups is 1. The van der Waals surface area contributed by atoms with E-state index >= 15 is 0 Å². The fourth-order valence-corrected chi connectivity index (χ4v) is 4.05. The van der Waals surface area contributed by atoms with Gasteiger partial charge in [0.2, 0.25) is 0 Å². The summed E-state index contributed by atoms with van der Waals surface area (Å²) >= 11 is 6.12. The maximum absolute atomic E-state index is 10.2. The van der Waals surface area contributed by atoms with Crippen molar-refractivity contribution in [2.75, 3.05) is 0 Å². The summed E-state index contributed by atoms with van der Waals surface area (Å²) in [5, 5.41) is 11.9. The molecule has 0 spiro atoms. The highest BCUT2D eigenvalue weighted by Crippen LogP contribution is 2.22. The van der Waals surface area contributed by atoms with Crippen LogP contribution in [0.2, 0.25) is 5.02 Å². The molecule has 0 amide bonds. The van der Waals surface area contributed by atoms with E-state index in [2.05, 4.69) is 43.9 Å². The standard InChI is InChI=1S/C30H32ClNO/c1-4-22(10-9-12-24-11-7-8-13-28(24)30(33)6-3)20-23(5-2)14-18-27-19-16-25-15-17-26(31)21-29(25)32-27/h4,6-8,11,13-21,23,33H,1,5,9-10,12H2,2-3H3/b18-14+,22-20+,30-6+. The van der Waals surface area contributed by atoms with Crippen molar-refractivity contribution in [3.63, 3.8) is 0 Å². The predicted octanol–water partition coefficient (Wildman–Crippen LogP) is 8.98. The van der Waals surface area contributed by atoms with Crippen LogP contribution in [0.15, 0.2) is 91.1 Å². The highest BCUT2D eigenvalue weighted by molar-refractivity contribution is 6.31. The summed E-state index contributed by atoms with van der Waals surface area (Å²) in [5.41, 5.74) is 5.17. The van der Waals surface area contributed by atoms with Crippen LogP contribution in [0, 0.1) is 5.92 Å². The van der Waals surface area contributed by atoms with Crippen LogP contribution >= 0.6 is 11.6 Å². The summed E-state index contributed by atoms with van der Waals surface area (Å²) in [7, 11) is 0. The minimum Gasteiger partial charge on any atom is -0.508 e. The Labute approximate surface area is 202 Å². The summed E-state index contributed by atoms with van der Waals surface area (Å²) in [4.78, 5) is 4.72. The third kappa shape index (κ3) is 6.94. The van der Waals surface area contributed by atoms with Gasteiger partial charge in [-0.1, -0.05) is 85.3 Å². The number of hydrogen-bond donors (Lipinski definition) is 1. The zero-order valence-electron chi connectivity index (χ0n) is 19.5. The normalized spacial score (nSPS) is 13.5. The molecule has 3 heteroatoms. The first-order chi connectivity index (χ1) is 16.0. The Hall–Kier alpha value is -3.10. The van der Waals surface area contributed by atoms with Crippen molar-refractivity contribution in [1.29, 1.82) is 0 Å². The molecule has 0 aliphatic rings. The van der Waals surface area contributed by atoms with E-state index in [4.69, 9.17) is 16.6 Å². The van der Waals surface area contributed by atoms with Crippen molar-refractivity contribution in [2.24, 2.45) is 5.92 Å². The third-order valence-electron chi connectivity index (χ3n) is 5.83. The first-order valence-corrected chi connectivity index (χ1v) is 11.9. The number of aryl methyl sites for hydroxylation is 1. The number of aromatic nitrogens is 1. The minimum absolute atomic E-state index is 0.314. The summed E-state index contributed by atoms with van der Waals surface area (Å²) in [5.74, 6) is 0.653. The van der Waals surface area contributed by atoms with Crippen LogP contribution in [0.5, 0.6) is 0 Å². The molecule has 0 aliphatic heterocycles. The Kier molecular flexibility index (Phi) is 9.09. The molecule has 0 fully saturated rings. The van der Waals surface area contributed by atoms with Gasteiger partial charge in [0.15, 0.2) is 0 Å². The van der Waals surface area contributed by atoms with Crippen molar-refractivity contribution in [1.82, 2.24) is 4.98 Å². The van der Waals surface area contributed by atoms with Gasteiger partial charge in [-0.15, -0.1) is 0 Å². The highest BCUT2D eigenvalue weighted by atomic mass is 35.5. The molecule has 0 bridgehead atoms. The van der Waals surface area contributed by atoms with Crippen LogP contribution in [-0.4, -0.2) is 10.1 Å². The molecule has 0 radical (unpaired) electrons. The monoisotopic (exact) mass is 457 g/mol. The van der Waals surface area contributed by atoms with Gasteiger partial charge in [0.05, 0.1) is 11.2 Å². The molecule has 2 aromatic carbocycles. The maximum Gasteiger partial charge on any atom is 0.118 e. The molecule has 3 rings (SSSR count). The summed E-state index contributed by atoms with van der Waals surface area (Å²) in [6.45, 7) is 8.07. The van der Waals surface area contributed by atoms with E-state index in [-0.39, 0.29) is 0 Å². The van der Waals surface area contributed by atoms with Crippen LogP contribution < -0.4 is 0 Å². The van der Waals surface area contributed by atoms with E-state index in [9.17, 15) is 5.11 Å². The van der Waals surface area contributed by atoms with Gasteiger partial charge in [-0.25, -0.2) is 4.98 Å².